The smallest absolute Gasteiger partial charge is 0.360 e. The minimum Gasteiger partial charge on any atom is -0.461 e. The molecule has 0 fully saturated rings. The maximum atomic E-state index is 11.6. The van der Waals surface area contributed by atoms with E-state index in [9.17, 15) is 4.79 Å². The van der Waals surface area contributed by atoms with Crippen molar-refractivity contribution >= 4 is 5.97 Å². The van der Waals surface area contributed by atoms with Crippen molar-refractivity contribution in [1.82, 2.24) is 24.8 Å². The Hall–Kier alpha value is -2.18. The van der Waals surface area contributed by atoms with Gasteiger partial charge in [0.15, 0.2) is 5.69 Å². The average molecular weight is 263 g/mol. The number of aromatic nitrogens is 5. The first-order valence-corrected chi connectivity index (χ1v) is 6.16. The van der Waals surface area contributed by atoms with E-state index in [0.29, 0.717) is 13.2 Å². The van der Waals surface area contributed by atoms with Gasteiger partial charge in [0.1, 0.15) is 0 Å². The van der Waals surface area contributed by atoms with Crippen LogP contribution in [0.2, 0.25) is 0 Å². The monoisotopic (exact) mass is 263 g/mol. The molecule has 102 valence electrons. The highest BCUT2D eigenvalue weighted by atomic mass is 16.5. The fourth-order valence-electron chi connectivity index (χ4n) is 1.80. The summed E-state index contributed by atoms with van der Waals surface area (Å²) in [6.45, 7) is 4.57. The summed E-state index contributed by atoms with van der Waals surface area (Å²) < 4.78 is 8.39. The maximum Gasteiger partial charge on any atom is 0.360 e. The lowest BCUT2D eigenvalue weighted by atomic mass is 10.2. The van der Waals surface area contributed by atoms with Crippen molar-refractivity contribution in [3.05, 3.63) is 29.3 Å². The molecule has 2 heterocycles. The molecule has 0 atom stereocenters. The molecule has 0 saturated carbocycles. The summed E-state index contributed by atoms with van der Waals surface area (Å²) in [6, 6.07) is 0. The number of esters is 1. The van der Waals surface area contributed by atoms with Gasteiger partial charge in [-0.25, -0.2) is 9.48 Å². The van der Waals surface area contributed by atoms with E-state index in [1.165, 1.54) is 0 Å². The Kier molecular flexibility index (Phi) is 3.94. The van der Waals surface area contributed by atoms with E-state index in [-0.39, 0.29) is 5.69 Å². The lowest BCUT2D eigenvalue weighted by molar-refractivity contribution is 0.0518. The second kappa shape index (κ2) is 5.64. The first-order chi connectivity index (χ1) is 9.11. The molecule has 0 unspecified atom stereocenters. The molecule has 0 bridgehead atoms. The van der Waals surface area contributed by atoms with E-state index in [4.69, 9.17) is 4.74 Å². The fraction of sp³-hybridized carbons (Fsp3) is 0.500. The molecule has 2 aromatic rings. The van der Waals surface area contributed by atoms with Crippen molar-refractivity contribution in [3.63, 3.8) is 0 Å². The third-order valence-corrected chi connectivity index (χ3v) is 2.82. The Morgan fingerprint density at radius 1 is 1.47 bits per heavy atom. The highest BCUT2D eigenvalue weighted by Gasteiger charge is 2.17. The number of rotatable bonds is 5. The van der Waals surface area contributed by atoms with Crippen molar-refractivity contribution < 1.29 is 9.53 Å². The summed E-state index contributed by atoms with van der Waals surface area (Å²) in [5.74, 6) is -0.423. The van der Waals surface area contributed by atoms with Crippen LogP contribution in [0.3, 0.4) is 0 Å². The molecule has 0 amide bonds. The van der Waals surface area contributed by atoms with Gasteiger partial charge in [-0.05, 0) is 25.8 Å². The third-order valence-electron chi connectivity index (χ3n) is 2.82. The van der Waals surface area contributed by atoms with Crippen molar-refractivity contribution in [2.24, 2.45) is 7.05 Å². The van der Waals surface area contributed by atoms with Crippen molar-refractivity contribution in [3.8, 4) is 0 Å². The van der Waals surface area contributed by atoms with Crippen LogP contribution in [0.15, 0.2) is 12.4 Å². The van der Waals surface area contributed by atoms with E-state index < -0.39 is 5.97 Å². The average Bonchev–Trinajstić information content (AvgIpc) is 2.94. The molecule has 2 aromatic heterocycles. The van der Waals surface area contributed by atoms with Gasteiger partial charge in [0.2, 0.25) is 0 Å². The van der Waals surface area contributed by atoms with Gasteiger partial charge < -0.3 is 4.74 Å². The summed E-state index contributed by atoms with van der Waals surface area (Å²) in [6.07, 6.45) is 4.57. The van der Waals surface area contributed by atoms with Crippen LogP contribution in [0.25, 0.3) is 0 Å². The Morgan fingerprint density at radius 2 is 2.26 bits per heavy atom. The van der Waals surface area contributed by atoms with Crippen molar-refractivity contribution in [2.45, 2.75) is 26.8 Å². The SMILES string of the molecule is CCOC(=O)c1nnn(CCc2cnn(C)c2)c1C. The number of hydrogen-bond donors (Lipinski definition) is 0. The lowest BCUT2D eigenvalue weighted by Crippen LogP contribution is -2.09. The molecule has 2 rings (SSSR count). The van der Waals surface area contributed by atoms with Crippen LogP contribution in [0.5, 0.6) is 0 Å². The molecule has 7 heteroatoms. The Balaban J connectivity index is 2.03. The van der Waals surface area contributed by atoms with Gasteiger partial charge in [0.25, 0.3) is 0 Å². The van der Waals surface area contributed by atoms with E-state index in [1.54, 1.807) is 16.3 Å². The largest absolute Gasteiger partial charge is 0.461 e. The Labute approximate surface area is 111 Å². The summed E-state index contributed by atoms with van der Waals surface area (Å²) in [5, 5.41) is 12.0. The highest BCUT2D eigenvalue weighted by Crippen LogP contribution is 2.07. The van der Waals surface area contributed by atoms with Gasteiger partial charge in [-0.2, -0.15) is 5.10 Å². The minimum absolute atomic E-state index is 0.285. The molecule has 19 heavy (non-hydrogen) atoms. The lowest BCUT2D eigenvalue weighted by Gasteiger charge is -2.02. The maximum absolute atomic E-state index is 11.6. The second-order valence-corrected chi connectivity index (χ2v) is 4.24. The van der Waals surface area contributed by atoms with E-state index in [2.05, 4.69) is 15.4 Å². The fourth-order valence-corrected chi connectivity index (χ4v) is 1.80. The summed E-state index contributed by atoms with van der Waals surface area (Å²) in [4.78, 5) is 11.6. The molecular weight excluding hydrogens is 246 g/mol. The molecule has 0 saturated heterocycles. The zero-order chi connectivity index (χ0) is 13.8. The van der Waals surface area contributed by atoms with Crippen LogP contribution in [-0.4, -0.2) is 37.4 Å². The van der Waals surface area contributed by atoms with Gasteiger partial charge in [-0.1, -0.05) is 5.21 Å². The van der Waals surface area contributed by atoms with Crippen LogP contribution in [0.1, 0.15) is 28.7 Å². The third kappa shape index (κ3) is 2.98. The topological polar surface area (TPSA) is 74.8 Å². The summed E-state index contributed by atoms with van der Waals surface area (Å²) >= 11 is 0. The Morgan fingerprint density at radius 3 is 2.89 bits per heavy atom. The normalized spacial score (nSPS) is 10.7. The molecule has 0 aromatic carbocycles. The molecule has 0 aliphatic heterocycles. The zero-order valence-electron chi connectivity index (χ0n) is 11.3. The number of aryl methyl sites for hydroxylation is 3. The predicted molar refractivity (Wildman–Crippen MR) is 67.6 cm³/mol. The van der Waals surface area contributed by atoms with E-state index in [1.807, 2.05) is 26.4 Å². The Bertz CT molecular complexity index is 572. The van der Waals surface area contributed by atoms with Crippen molar-refractivity contribution in [1.29, 1.82) is 0 Å². The van der Waals surface area contributed by atoms with E-state index >= 15 is 0 Å². The van der Waals surface area contributed by atoms with Gasteiger partial charge in [-0.15, -0.1) is 5.10 Å². The van der Waals surface area contributed by atoms with Crippen LogP contribution in [0.4, 0.5) is 0 Å². The number of ether oxygens (including phenoxy) is 1. The van der Waals surface area contributed by atoms with Crippen LogP contribution in [-0.2, 0) is 24.8 Å². The van der Waals surface area contributed by atoms with Crippen LogP contribution < -0.4 is 0 Å². The summed E-state index contributed by atoms with van der Waals surface area (Å²) in [7, 11) is 1.88. The molecule has 0 N–H and O–H groups in total. The molecule has 0 spiro atoms. The molecule has 0 radical (unpaired) electrons. The predicted octanol–water partition coefficient (Wildman–Crippen LogP) is 0.739. The van der Waals surface area contributed by atoms with Gasteiger partial charge in [-0.3, -0.25) is 4.68 Å². The van der Waals surface area contributed by atoms with E-state index in [0.717, 1.165) is 17.7 Å². The van der Waals surface area contributed by atoms with Gasteiger partial charge >= 0.3 is 5.97 Å². The first kappa shape index (κ1) is 13.3. The minimum atomic E-state index is -0.423. The molecule has 7 nitrogen and oxygen atoms in total. The highest BCUT2D eigenvalue weighted by molar-refractivity contribution is 5.88. The van der Waals surface area contributed by atoms with Gasteiger partial charge in [0, 0.05) is 19.8 Å². The standard InChI is InChI=1S/C12H17N5O2/c1-4-19-12(18)11-9(2)17(15-14-11)6-5-10-7-13-16(3)8-10/h7-8H,4-6H2,1-3H3. The number of hydrogen-bond acceptors (Lipinski definition) is 5. The zero-order valence-corrected chi connectivity index (χ0v) is 11.3. The number of carbonyl (C=O) groups excluding carboxylic acids is 1. The molecule has 0 aliphatic carbocycles. The van der Waals surface area contributed by atoms with Crippen LogP contribution in [0, 0.1) is 6.92 Å². The quantitative estimate of drug-likeness (QED) is 0.744. The first-order valence-electron chi connectivity index (χ1n) is 6.16. The van der Waals surface area contributed by atoms with Crippen molar-refractivity contribution in [2.75, 3.05) is 6.61 Å². The van der Waals surface area contributed by atoms with Gasteiger partial charge in [0.05, 0.1) is 18.5 Å². The molecular formula is C12H17N5O2. The summed E-state index contributed by atoms with van der Waals surface area (Å²) in [5.41, 5.74) is 2.13. The second-order valence-electron chi connectivity index (χ2n) is 4.24. The number of carbonyl (C=O) groups is 1. The van der Waals surface area contributed by atoms with Crippen LogP contribution >= 0.6 is 0 Å². The number of nitrogens with zero attached hydrogens (tertiary/aromatic N) is 5. The molecule has 0 aliphatic rings.